The van der Waals surface area contributed by atoms with Gasteiger partial charge in [-0.3, -0.25) is 4.90 Å². The first-order valence-corrected chi connectivity index (χ1v) is 5.40. The van der Waals surface area contributed by atoms with Crippen molar-refractivity contribution in [3.8, 4) is 12.3 Å². The average Bonchev–Trinajstić information content (AvgIpc) is 2.15. The molecular weight excluding hydrogens is 172 g/mol. The maximum Gasteiger partial charge on any atom is 0.0354 e. The summed E-state index contributed by atoms with van der Waals surface area (Å²) in [6.45, 7) is 11.0. The number of likely N-dealkylation sites (N-methyl/N-ethyl adjacent to an activating group) is 2. The molecule has 0 aliphatic heterocycles. The topological polar surface area (TPSA) is 15.3 Å². The number of terminal acetylenes is 1. The first-order valence-electron chi connectivity index (χ1n) is 5.40. The molecule has 0 aliphatic carbocycles. The lowest BCUT2D eigenvalue weighted by Gasteiger charge is -2.42. The van der Waals surface area contributed by atoms with E-state index in [1.54, 1.807) is 0 Å². The van der Waals surface area contributed by atoms with Crippen molar-refractivity contribution in [1.82, 2.24) is 10.2 Å². The van der Waals surface area contributed by atoms with Crippen LogP contribution in [-0.4, -0.2) is 36.6 Å². The smallest absolute Gasteiger partial charge is 0.0354 e. The zero-order chi connectivity index (χ0) is 11.2. The van der Waals surface area contributed by atoms with Crippen molar-refractivity contribution in [2.75, 3.05) is 20.1 Å². The van der Waals surface area contributed by atoms with E-state index in [2.05, 4.69) is 43.8 Å². The molecule has 0 spiro atoms. The molecule has 0 fully saturated rings. The molecule has 0 saturated carbocycles. The molecule has 0 bridgehead atoms. The van der Waals surface area contributed by atoms with E-state index in [4.69, 9.17) is 6.42 Å². The van der Waals surface area contributed by atoms with Gasteiger partial charge in [0.05, 0.1) is 0 Å². The normalized spacial score (nSPS) is 14.1. The van der Waals surface area contributed by atoms with Crippen LogP contribution in [0.1, 0.15) is 34.1 Å². The Morgan fingerprint density at radius 3 is 2.14 bits per heavy atom. The summed E-state index contributed by atoms with van der Waals surface area (Å²) in [6.07, 6.45) is 6.15. The SMILES string of the molecule is C#CCC(NC)C(C)(C)N(CC)CC. The van der Waals surface area contributed by atoms with Gasteiger partial charge in [0.15, 0.2) is 0 Å². The molecule has 0 aromatic rings. The molecule has 1 atom stereocenters. The van der Waals surface area contributed by atoms with Gasteiger partial charge in [-0.25, -0.2) is 0 Å². The van der Waals surface area contributed by atoms with Crippen LogP contribution in [0, 0.1) is 12.3 Å². The Morgan fingerprint density at radius 2 is 1.86 bits per heavy atom. The predicted octanol–water partition coefficient (Wildman–Crippen LogP) is 1.72. The molecular formula is C12H24N2. The Bertz CT molecular complexity index is 187. The number of nitrogens with zero attached hydrogens (tertiary/aromatic N) is 1. The molecule has 0 aromatic heterocycles. The fourth-order valence-electron chi connectivity index (χ4n) is 2.08. The van der Waals surface area contributed by atoms with Crippen molar-refractivity contribution in [1.29, 1.82) is 0 Å². The van der Waals surface area contributed by atoms with Crippen molar-refractivity contribution >= 4 is 0 Å². The Balaban J connectivity index is 4.61. The van der Waals surface area contributed by atoms with Gasteiger partial charge in [-0.15, -0.1) is 12.3 Å². The van der Waals surface area contributed by atoms with Gasteiger partial charge in [0.25, 0.3) is 0 Å². The number of hydrogen-bond donors (Lipinski definition) is 1. The molecule has 0 heterocycles. The van der Waals surface area contributed by atoms with Gasteiger partial charge in [0.1, 0.15) is 0 Å². The number of rotatable bonds is 6. The van der Waals surface area contributed by atoms with Crippen LogP contribution in [0.4, 0.5) is 0 Å². The van der Waals surface area contributed by atoms with Crippen molar-refractivity contribution in [3.63, 3.8) is 0 Å². The summed E-state index contributed by atoms with van der Waals surface area (Å²) in [5.74, 6) is 2.74. The maximum absolute atomic E-state index is 5.38. The third kappa shape index (κ3) is 3.01. The molecule has 0 radical (unpaired) electrons. The fraction of sp³-hybridized carbons (Fsp3) is 0.833. The molecule has 14 heavy (non-hydrogen) atoms. The third-order valence-corrected chi connectivity index (χ3v) is 3.10. The van der Waals surface area contributed by atoms with Gasteiger partial charge >= 0.3 is 0 Å². The number of hydrogen-bond acceptors (Lipinski definition) is 2. The largest absolute Gasteiger partial charge is 0.314 e. The quantitative estimate of drug-likeness (QED) is 0.651. The Morgan fingerprint density at radius 1 is 1.36 bits per heavy atom. The van der Waals surface area contributed by atoms with Crippen LogP contribution < -0.4 is 5.32 Å². The molecule has 0 aromatic carbocycles. The molecule has 0 saturated heterocycles. The Kier molecular flexibility index (Phi) is 5.83. The molecule has 82 valence electrons. The molecule has 1 unspecified atom stereocenters. The van der Waals surface area contributed by atoms with E-state index in [0.717, 1.165) is 19.5 Å². The van der Waals surface area contributed by atoms with Crippen LogP contribution in [-0.2, 0) is 0 Å². The van der Waals surface area contributed by atoms with Gasteiger partial charge in [-0.05, 0) is 34.0 Å². The Labute approximate surface area is 89.1 Å². The minimum absolute atomic E-state index is 0.116. The molecule has 1 N–H and O–H groups in total. The van der Waals surface area contributed by atoms with Gasteiger partial charge in [0, 0.05) is 18.0 Å². The summed E-state index contributed by atoms with van der Waals surface area (Å²) >= 11 is 0. The maximum atomic E-state index is 5.38. The summed E-state index contributed by atoms with van der Waals surface area (Å²) in [6, 6.07) is 0.354. The first-order chi connectivity index (χ1) is 6.54. The highest BCUT2D eigenvalue weighted by Gasteiger charge is 2.32. The zero-order valence-corrected chi connectivity index (χ0v) is 10.2. The zero-order valence-electron chi connectivity index (χ0n) is 10.2. The second-order valence-electron chi connectivity index (χ2n) is 4.08. The van der Waals surface area contributed by atoms with E-state index in [1.165, 1.54) is 0 Å². The standard InChI is InChI=1S/C12H24N2/c1-7-10-11(13-6)12(4,5)14(8-2)9-3/h1,11,13H,8-10H2,2-6H3. The van der Waals surface area contributed by atoms with Crippen LogP contribution >= 0.6 is 0 Å². The minimum Gasteiger partial charge on any atom is -0.314 e. The van der Waals surface area contributed by atoms with Crippen LogP contribution in [0.3, 0.4) is 0 Å². The summed E-state index contributed by atoms with van der Waals surface area (Å²) in [5.41, 5.74) is 0.116. The van der Waals surface area contributed by atoms with Gasteiger partial charge in [0.2, 0.25) is 0 Å². The predicted molar refractivity (Wildman–Crippen MR) is 63.3 cm³/mol. The van der Waals surface area contributed by atoms with E-state index in [9.17, 15) is 0 Å². The van der Waals surface area contributed by atoms with E-state index in [0.29, 0.717) is 6.04 Å². The van der Waals surface area contributed by atoms with Crippen LogP contribution in [0.25, 0.3) is 0 Å². The van der Waals surface area contributed by atoms with Crippen molar-refractivity contribution in [2.45, 2.75) is 45.7 Å². The van der Waals surface area contributed by atoms with Gasteiger partial charge < -0.3 is 5.32 Å². The second kappa shape index (κ2) is 6.06. The highest BCUT2D eigenvalue weighted by Crippen LogP contribution is 2.20. The molecule has 2 nitrogen and oxygen atoms in total. The second-order valence-corrected chi connectivity index (χ2v) is 4.08. The van der Waals surface area contributed by atoms with E-state index >= 15 is 0 Å². The highest BCUT2D eigenvalue weighted by atomic mass is 15.2. The molecule has 0 amide bonds. The lowest BCUT2D eigenvalue weighted by molar-refractivity contribution is 0.0962. The van der Waals surface area contributed by atoms with Crippen molar-refractivity contribution in [3.05, 3.63) is 0 Å². The van der Waals surface area contributed by atoms with Crippen LogP contribution in [0.5, 0.6) is 0 Å². The van der Waals surface area contributed by atoms with Crippen LogP contribution in [0.15, 0.2) is 0 Å². The van der Waals surface area contributed by atoms with Gasteiger partial charge in [-0.1, -0.05) is 13.8 Å². The van der Waals surface area contributed by atoms with Crippen LogP contribution in [0.2, 0.25) is 0 Å². The highest BCUT2D eigenvalue weighted by molar-refractivity contribution is 5.00. The monoisotopic (exact) mass is 196 g/mol. The third-order valence-electron chi connectivity index (χ3n) is 3.10. The lowest BCUT2D eigenvalue weighted by atomic mass is 9.90. The number of nitrogens with one attached hydrogen (secondary N) is 1. The van der Waals surface area contributed by atoms with Crippen molar-refractivity contribution in [2.24, 2.45) is 0 Å². The van der Waals surface area contributed by atoms with Gasteiger partial charge in [-0.2, -0.15) is 0 Å². The summed E-state index contributed by atoms with van der Waals surface area (Å²) < 4.78 is 0. The fourth-order valence-corrected chi connectivity index (χ4v) is 2.08. The first kappa shape index (κ1) is 13.5. The summed E-state index contributed by atoms with van der Waals surface area (Å²) in [4.78, 5) is 2.44. The van der Waals surface area contributed by atoms with E-state index in [1.807, 2.05) is 7.05 Å². The Hall–Kier alpha value is -0.520. The average molecular weight is 196 g/mol. The minimum atomic E-state index is 0.116. The molecule has 0 rings (SSSR count). The molecule has 2 heteroatoms. The molecule has 0 aliphatic rings. The van der Waals surface area contributed by atoms with E-state index in [-0.39, 0.29) is 5.54 Å². The van der Waals surface area contributed by atoms with E-state index < -0.39 is 0 Å². The lowest BCUT2D eigenvalue weighted by Crippen LogP contribution is -2.56. The summed E-state index contributed by atoms with van der Waals surface area (Å²) in [7, 11) is 1.98. The van der Waals surface area contributed by atoms with Crippen molar-refractivity contribution < 1.29 is 0 Å². The summed E-state index contributed by atoms with van der Waals surface area (Å²) in [5, 5.41) is 3.31.